The molecule has 1 rings (SSSR count). The van der Waals surface area contributed by atoms with E-state index in [0.29, 0.717) is 13.0 Å². The van der Waals surface area contributed by atoms with Crippen molar-refractivity contribution in [2.75, 3.05) is 6.54 Å². The average Bonchev–Trinajstić information content (AvgIpc) is 2.21. The lowest BCUT2D eigenvalue weighted by Gasteiger charge is -2.24. The molecule has 0 bridgehead atoms. The van der Waals surface area contributed by atoms with Gasteiger partial charge >= 0.3 is 0 Å². The molecule has 0 spiro atoms. The van der Waals surface area contributed by atoms with E-state index in [2.05, 4.69) is 5.32 Å². The molecule has 4 nitrogen and oxygen atoms in total. The van der Waals surface area contributed by atoms with Crippen LogP contribution in [0.2, 0.25) is 0 Å². The molecule has 0 aromatic heterocycles. The SMILES string of the molecule is CC(C)(CN)NC(=O)Cc1ccc(O)cc1. The van der Waals surface area contributed by atoms with Crippen molar-refractivity contribution in [3.63, 3.8) is 0 Å². The van der Waals surface area contributed by atoms with E-state index in [4.69, 9.17) is 10.8 Å². The van der Waals surface area contributed by atoms with Gasteiger partial charge in [-0.25, -0.2) is 0 Å². The minimum absolute atomic E-state index is 0.0684. The van der Waals surface area contributed by atoms with Gasteiger partial charge in [0.1, 0.15) is 5.75 Å². The van der Waals surface area contributed by atoms with E-state index >= 15 is 0 Å². The normalized spacial score (nSPS) is 11.2. The number of carbonyl (C=O) groups excluding carboxylic acids is 1. The van der Waals surface area contributed by atoms with Gasteiger partial charge in [0.15, 0.2) is 0 Å². The summed E-state index contributed by atoms with van der Waals surface area (Å²) < 4.78 is 0. The molecule has 0 radical (unpaired) electrons. The number of amides is 1. The van der Waals surface area contributed by atoms with E-state index in [0.717, 1.165) is 5.56 Å². The van der Waals surface area contributed by atoms with E-state index in [1.165, 1.54) is 0 Å². The van der Waals surface area contributed by atoms with E-state index < -0.39 is 0 Å². The summed E-state index contributed by atoms with van der Waals surface area (Å²) in [6.45, 7) is 4.15. The van der Waals surface area contributed by atoms with Gasteiger partial charge in [-0.05, 0) is 31.5 Å². The summed E-state index contributed by atoms with van der Waals surface area (Å²) >= 11 is 0. The Bertz CT molecular complexity index is 358. The van der Waals surface area contributed by atoms with Crippen LogP contribution in [-0.4, -0.2) is 23.1 Å². The maximum Gasteiger partial charge on any atom is 0.224 e. The molecular weight excluding hydrogens is 204 g/mol. The Balaban J connectivity index is 2.55. The molecule has 0 fully saturated rings. The summed E-state index contributed by atoms with van der Waals surface area (Å²) in [5.41, 5.74) is 6.00. The van der Waals surface area contributed by atoms with Crippen molar-refractivity contribution in [1.82, 2.24) is 5.32 Å². The first kappa shape index (κ1) is 12.5. The predicted molar refractivity (Wildman–Crippen MR) is 63.1 cm³/mol. The van der Waals surface area contributed by atoms with Crippen LogP contribution >= 0.6 is 0 Å². The fourth-order valence-electron chi connectivity index (χ4n) is 1.27. The molecule has 0 aliphatic rings. The fraction of sp³-hybridized carbons (Fsp3) is 0.417. The highest BCUT2D eigenvalue weighted by atomic mass is 16.3. The molecule has 4 heteroatoms. The molecule has 4 N–H and O–H groups in total. The predicted octanol–water partition coefficient (Wildman–Crippen LogP) is 0.788. The van der Waals surface area contributed by atoms with Crippen molar-refractivity contribution < 1.29 is 9.90 Å². The lowest BCUT2D eigenvalue weighted by Crippen LogP contribution is -2.49. The molecular formula is C12H18N2O2. The van der Waals surface area contributed by atoms with Crippen LogP contribution in [0.15, 0.2) is 24.3 Å². The average molecular weight is 222 g/mol. The van der Waals surface area contributed by atoms with E-state index in [1.54, 1.807) is 24.3 Å². The van der Waals surface area contributed by atoms with E-state index in [1.807, 2.05) is 13.8 Å². The fourth-order valence-corrected chi connectivity index (χ4v) is 1.27. The zero-order chi connectivity index (χ0) is 12.2. The van der Waals surface area contributed by atoms with Gasteiger partial charge in [0.25, 0.3) is 0 Å². The number of phenolic OH excluding ortho intramolecular Hbond substituents is 1. The molecule has 0 aliphatic heterocycles. The van der Waals surface area contributed by atoms with Gasteiger partial charge in [-0.2, -0.15) is 0 Å². The summed E-state index contributed by atoms with van der Waals surface area (Å²) in [7, 11) is 0. The Morgan fingerprint density at radius 3 is 2.44 bits per heavy atom. The molecule has 88 valence electrons. The quantitative estimate of drug-likeness (QED) is 0.705. The van der Waals surface area contributed by atoms with Crippen molar-refractivity contribution in [3.05, 3.63) is 29.8 Å². The molecule has 1 amide bonds. The van der Waals surface area contributed by atoms with Gasteiger partial charge in [0.2, 0.25) is 5.91 Å². The molecule has 0 atom stereocenters. The molecule has 0 saturated carbocycles. The van der Waals surface area contributed by atoms with Crippen LogP contribution in [-0.2, 0) is 11.2 Å². The lowest BCUT2D eigenvalue weighted by atomic mass is 10.1. The van der Waals surface area contributed by atoms with Crippen molar-refractivity contribution in [3.8, 4) is 5.75 Å². The third-order valence-electron chi connectivity index (χ3n) is 2.29. The third-order valence-corrected chi connectivity index (χ3v) is 2.29. The minimum atomic E-state index is -0.381. The van der Waals surface area contributed by atoms with Gasteiger partial charge in [-0.15, -0.1) is 0 Å². The number of aromatic hydroxyl groups is 1. The van der Waals surface area contributed by atoms with Gasteiger partial charge in [-0.1, -0.05) is 12.1 Å². The maximum absolute atomic E-state index is 11.6. The van der Waals surface area contributed by atoms with Crippen LogP contribution in [0.4, 0.5) is 0 Å². The largest absolute Gasteiger partial charge is 0.508 e. The third kappa shape index (κ3) is 3.90. The van der Waals surface area contributed by atoms with Crippen LogP contribution in [0, 0.1) is 0 Å². The highest BCUT2D eigenvalue weighted by molar-refractivity contribution is 5.79. The Kier molecular flexibility index (Phi) is 3.90. The molecule has 0 aliphatic carbocycles. The van der Waals surface area contributed by atoms with Gasteiger partial charge in [0, 0.05) is 12.1 Å². The number of rotatable bonds is 4. The van der Waals surface area contributed by atoms with Crippen LogP contribution in [0.5, 0.6) is 5.75 Å². The molecule has 0 saturated heterocycles. The van der Waals surface area contributed by atoms with Crippen molar-refractivity contribution >= 4 is 5.91 Å². The number of phenols is 1. The first-order valence-electron chi connectivity index (χ1n) is 5.22. The lowest BCUT2D eigenvalue weighted by molar-refractivity contribution is -0.121. The van der Waals surface area contributed by atoms with E-state index in [-0.39, 0.29) is 17.2 Å². The zero-order valence-electron chi connectivity index (χ0n) is 9.66. The standard InChI is InChI=1S/C12H18N2O2/c1-12(2,8-13)14-11(16)7-9-3-5-10(15)6-4-9/h3-6,15H,7-8,13H2,1-2H3,(H,14,16). The smallest absolute Gasteiger partial charge is 0.224 e. The molecule has 1 aromatic carbocycles. The monoisotopic (exact) mass is 222 g/mol. The Labute approximate surface area is 95.5 Å². The molecule has 0 heterocycles. The minimum Gasteiger partial charge on any atom is -0.508 e. The zero-order valence-corrected chi connectivity index (χ0v) is 9.66. The highest BCUT2D eigenvalue weighted by Crippen LogP contribution is 2.10. The Hall–Kier alpha value is -1.55. The topological polar surface area (TPSA) is 75.3 Å². The summed E-state index contributed by atoms with van der Waals surface area (Å²) in [4.78, 5) is 11.6. The number of hydrogen-bond acceptors (Lipinski definition) is 3. The first-order valence-corrected chi connectivity index (χ1v) is 5.22. The Morgan fingerprint density at radius 2 is 1.94 bits per heavy atom. The van der Waals surface area contributed by atoms with E-state index in [9.17, 15) is 4.79 Å². The highest BCUT2D eigenvalue weighted by Gasteiger charge is 2.17. The second-order valence-corrected chi connectivity index (χ2v) is 4.48. The number of nitrogens with two attached hydrogens (primary N) is 1. The van der Waals surface area contributed by atoms with Crippen LogP contribution in [0.25, 0.3) is 0 Å². The number of nitrogens with one attached hydrogen (secondary N) is 1. The van der Waals surface area contributed by atoms with Gasteiger partial charge in [-0.3, -0.25) is 4.79 Å². The van der Waals surface area contributed by atoms with Crippen LogP contribution < -0.4 is 11.1 Å². The number of carbonyl (C=O) groups is 1. The summed E-state index contributed by atoms with van der Waals surface area (Å²) in [5, 5.41) is 11.9. The molecule has 1 aromatic rings. The maximum atomic E-state index is 11.6. The first-order chi connectivity index (χ1) is 7.43. The summed E-state index contributed by atoms with van der Waals surface area (Å²) in [5.74, 6) is 0.132. The summed E-state index contributed by atoms with van der Waals surface area (Å²) in [6, 6.07) is 6.59. The van der Waals surface area contributed by atoms with Gasteiger partial charge in [0.05, 0.1) is 6.42 Å². The van der Waals surface area contributed by atoms with Crippen molar-refractivity contribution in [2.24, 2.45) is 5.73 Å². The van der Waals surface area contributed by atoms with Crippen LogP contribution in [0.1, 0.15) is 19.4 Å². The summed E-state index contributed by atoms with van der Waals surface area (Å²) in [6.07, 6.45) is 0.295. The van der Waals surface area contributed by atoms with Crippen LogP contribution in [0.3, 0.4) is 0 Å². The van der Waals surface area contributed by atoms with Crippen molar-refractivity contribution in [1.29, 1.82) is 0 Å². The number of benzene rings is 1. The number of hydrogen-bond donors (Lipinski definition) is 3. The molecule has 0 unspecified atom stereocenters. The molecule has 16 heavy (non-hydrogen) atoms. The van der Waals surface area contributed by atoms with Crippen molar-refractivity contribution in [2.45, 2.75) is 25.8 Å². The van der Waals surface area contributed by atoms with Gasteiger partial charge < -0.3 is 16.2 Å². The second kappa shape index (κ2) is 4.99. The second-order valence-electron chi connectivity index (χ2n) is 4.48. The Morgan fingerprint density at radius 1 is 1.38 bits per heavy atom.